The number of nitrogens with one attached hydrogen (secondary N) is 2. The van der Waals surface area contributed by atoms with Crippen molar-refractivity contribution in [2.24, 2.45) is 17.0 Å². The Hall–Kier alpha value is -3.64. The lowest BCUT2D eigenvalue weighted by molar-refractivity contribution is -0.180. The van der Waals surface area contributed by atoms with Crippen LogP contribution in [0, 0.1) is 11.8 Å². The van der Waals surface area contributed by atoms with Gasteiger partial charge in [-0.2, -0.15) is 13.2 Å². The highest BCUT2D eigenvalue weighted by Crippen LogP contribution is 2.41. The molecule has 0 saturated carbocycles. The van der Waals surface area contributed by atoms with E-state index in [4.69, 9.17) is 5.73 Å². The Morgan fingerprint density at radius 3 is 2.71 bits per heavy atom. The Morgan fingerprint density at radius 1 is 1.32 bits per heavy atom. The fraction of sp³-hybridized carbons (Fsp3) is 0.478. The maximum absolute atomic E-state index is 13.3. The van der Waals surface area contributed by atoms with E-state index in [0.717, 1.165) is 28.0 Å². The van der Waals surface area contributed by atoms with Crippen molar-refractivity contribution in [3.8, 4) is 0 Å². The molecular weight excluding hydrogens is 591 g/mol. The van der Waals surface area contributed by atoms with Crippen molar-refractivity contribution in [1.82, 2.24) is 25.4 Å². The topological polar surface area (TPSA) is 191 Å². The molecule has 5 heterocycles. The number of nitrogens with two attached hydrogens (primary N) is 1. The minimum Gasteiger partial charge on any atom is -0.477 e. The third-order valence-electron chi connectivity index (χ3n) is 7.34. The molecule has 4 unspecified atom stereocenters. The summed E-state index contributed by atoms with van der Waals surface area (Å²) >= 11 is 2.17. The van der Waals surface area contributed by atoms with Gasteiger partial charge in [0.25, 0.3) is 11.8 Å². The van der Waals surface area contributed by atoms with Crippen LogP contribution in [0.3, 0.4) is 0 Å². The van der Waals surface area contributed by atoms with Gasteiger partial charge in [-0.05, 0) is 18.1 Å². The summed E-state index contributed by atoms with van der Waals surface area (Å²) in [5.41, 5.74) is 5.19. The van der Waals surface area contributed by atoms with E-state index < -0.39 is 58.8 Å². The fourth-order valence-corrected chi connectivity index (χ4v) is 7.20. The second-order valence-electron chi connectivity index (χ2n) is 9.80. The van der Waals surface area contributed by atoms with E-state index in [0.29, 0.717) is 0 Å². The summed E-state index contributed by atoms with van der Waals surface area (Å²) in [6.45, 7) is 0.0592. The van der Waals surface area contributed by atoms with E-state index in [9.17, 15) is 42.7 Å². The monoisotopic (exact) mass is 615 g/mol. The van der Waals surface area contributed by atoms with Crippen LogP contribution in [0.15, 0.2) is 33.5 Å². The van der Waals surface area contributed by atoms with Gasteiger partial charge in [0, 0.05) is 48.8 Å². The standard InChI is InChI=1S/C23H24F3N7O6S2/c24-23(25,26)12-5-28-4-11(12)6-32-2-1-9(18(32)35)3-10-7-40-20-15(19(36)33(20)16(10)21(37)38)30-17(34)14(31-39)13-8-41-22(27)29-13/h3,8,11-12,15,20,28,39H,1-2,4-7H2,(H2,27,29)(H,30,34)(H,37,38)/b9-3?,31-14-. The number of halogens is 3. The molecule has 4 aliphatic heterocycles. The van der Waals surface area contributed by atoms with Gasteiger partial charge in [-0.3, -0.25) is 19.3 Å². The third-order valence-corrected chi connectivity index (χ3v) is 9.32. The average molecular weight is 616 g/mol. The lowest BCUT2D eigenvalue weighted by atomic mass is 9.95. The van der Waals surface area contributed by atoms with Gasteiger partial charge in [0.05, 0.1) is 5.92 Å². The Bertz CT molecular complexity index is 1390. The number of carbonyl (C=O) groups excluding carboxylic acids is 3. The van der Waals surface area contributed by atoms with Gasteiger partial charge in [0.1, 0.15) is 22.8 Å². The number of alkyl halides is 3. The van der Waals surface area contributed by atoms with Gasteiger partial charge in [-0.15, -0.1) is 23.1 Å². The van der Waals surface area contributed by atoms with Gasteiger partial charge in [-0.25, -0.2) is 9.78 Å². The van der Waals surface area contributed by atoms with Crippen LogP contribution in [0.5, 0.6) is 0 Å². The second kappa shape index (κ2) is 11.0. The van der Waals surface area contributed by atoms with Crippen molar-refractivity contribution in [3.63, 3.8) is 0 Å². The molecule has 6 N–H and O–H groups in total. The zero-order chi connectivity index (χ0) is 29.6. The fourth-order valence-electron chi connectivity index (χ4n) is 5.35. The van der Waals surface area contributed by atoms with Gasteiger partial charge in [-0.1, -0.05) is 5.16 Å². The zero-order valence-corrected chi connectivity index (χ0v) is 22.7. The number of carbonyl (C=O) groups is 4. The van der Waals surface area contributed by atoms with Crippen LogP contribution in [0.2, 0.25) is 0 Å². The van der Waals surface area contributed by atoms with E-state index in [2.05, 4.69) is 20.8 Å². The van der Waals surface area contributed by atoms with Crippen molar-refractivity contribution < 1.29 is 42.7 Å². The number of β-lactam (4-membered cyclic amide) rings is 1. The summed E-state index contributed by atoms with van der Waals surface area (Å²) in [6.07, 6.45) is -2.77. The van der Waals surface area contributed by atoms with Gasteiger partial charge in [0.15, 0.2) is 10.8 Å². The number of fused-ring (bicyclic) bond motifs is 1. The number of aromatic nitrogens is 1. The molecule has 1 aromatic heterocycles. The molecule has 220 valence electrons. The molecule has 0 bridgehead atoms. The summed E-state index contributed by atoms with van der Waals surface area (Å²) in [4.78, 5) is 57.1. The average Bonchev–Trinajstić information content (AvgIpc) is 3.64. The molecule has 41 heavy (non-hydrogen) atoms. The predicted molar refractivity (Wildman–Crippen MR) is 140 cm³/mol. The molecule has 1 aromatic rings. The number of hydrogen-bond acceptors (Lipinski definition) is 11. The number of likely N-dealkylation sites (tertiary alicyclic amines) is 1. The summed E-state index contributed by atoms with van der Waals surface area (Å²) in [5, 5.41) is 28.1. The number of aliphatic carboxylic acids is 1. The highest BCUT2D eigenvalue weighted by atomic mass is 32.2. The maximum atomic E-state index is 13.3. The SMILES string of the molecule is Nc1nc(/C(=N/O)C(=O)NC2C(=O)N3C(C(=O)O)=C(C=C4CCN(CC5CNCC5C(F)(F)F)C4=O)CSC23)cs1. The van der Waals surface area contributed by atoms with E-state index >= 15 is 0 Å². The minimum absolute atomic E-state index is 0.000790. The first-order chi connectivity index (χ1) is 19.4. The maximum Gasteiger partial charge on any atom is 0.393 e. The van der Waals surface area contributed by atoms with Gasteiger partial charge < -0.3 is 31.6 Å². The Balaban J connectivity index is 1.29. The number of thioether (sulfide) groups is 1. The number of allylic oxidation sites excluding steroid dienone is 1. The second-order valence-corrected chi connectivity index (χ2v) is 11.8. The summed E-state index contributed by atoms with van der Waals surface area (Å²) in [6, 6.07) is -1.12. The first-order valence-corrected chi connectivity index (χ1v) is 14.3. The number of nitrogen functional groups attached to an aromatic ring is 1. The van der Waals surface area contributed by atoms with E-state index in [-0.39, 0.29) is 66.0 Å². The van der Waals surface area contributed by atoms with Crippen LogP contribution in [0.1, 0.15) is 12.1 Å². The normalized spacial score (nSPS) is 27.9. The molecule has 0 aromatic carbocycles. The molecule has 3 fully saturated rings. The van der Waals surface area contributed by atoms with Crippen LogP contribution in [0.4, 0.5) is 18.3 Å². The van der Waals surface area contributed by atoms with Crippen LogP contribution in [-0.4, -0.2) is 104 Å². The number of hydrogen-bond donors (Lipinski definition) is 5. The highest BCUT2D eigenvalue weighted by Gasteiger charge is 2.54. The number of thiazole rings is 1. The van der Waals surface area contributed by atoms with Crippen LogP contribution in [-0.2, 0) is 19.2 Å². The lowest BCUT2D eigenvalue weighted by Gasteiger charge is -2.49. The van der Waals surface area contributed by atoms with Crippen LogP contribution < -0.4 is 16.4 Å². The number of carboxylic acids is 1. The summed E-state index contributed by atoms with van der Waals surface area (Å²) < 4.78 is 40.0. The Labute approximate surface area is 238 Å². The van der Waals surface area contributed by atoms with Crippen molar-refractivity contribution in [1.29, 1.82) is 0 Å². The molecule has 4 atom stereocenters. The predicted octanol–water partition coefficient (Wildman–Crippen LogP) is 0.199. The van der Waals surface area contributed by atoms with Crippen molar-refractivity contribution in [3.05, 3.63) is 34.0 Å². The quantitative estimate of drug-likeness (QED) is 0.0931. The van der Waals surface area contributed by atoms with E-state index in [1.807, 2.05) is 0 Å². The molecular formula is C23H24F3N7O6S2. The summed E-state index contributed by atoms with van der Waals surface area (Å²) in [7, 11) is 0. The van der Waals surface area contributed by atoms with Gasteiger partial charge >= 0.3 is 12.1 Å². The molecule has 0 spiro atoms. The third kappa shape index (κ3) is 5.38. The van der Waals surface area contributed by atoms with Crippen LogP contribution in [0.25, 0.3) is 0 Å². The number of amides is 3. The minimum atomic E-state index is -4.38. The summed E-state index contributed by atoms with van der Waals surface area (Å²) in [5.74, 6) is -5.76. The smallest absolute Gasteiger partial charge is 0.393 e. The zero-order valence-electron chi connectivity index (χ0n) is 21.1. The number of nitrogens with zero attached hydrogens (tertiary/aromatic N) is 4. The number of anilines is 1. The number of oxime groups is 1. The number of rotatable bonds is 7. The van der Waals surface area contributed by atoms with Gasteiger partial charge in [0.2, 0.25) is 5.91 Å². The van der Waals surface area contributed by atoms with Crippen molar-refractivity contribution in [2.75, 3.05) is 37.7 Å². The highest BCUT2D eigenvalue weighted by molar-refractivity contribution is 8.00. The Kier molecular flexibility index (Phi) is 7.73. The first-order valence-electron chi connectivity index (χ1n) is 12.3. The molecule has 3 saturated heterocycles. The largest absolute Gasteiger partial charge is 0.477 e. The molecule has 0 aliphatic carbocycles. The lowest BCUT2D eigenvalue weighted by Crippen LogP contribution is -2.71. The van der Waals surface area contributed by atoms with Crippen molar-refractivity contribution >= 4 is 57.6 Å². The molecule has 4 aliphatic rings. The van der Waals surface area contributed by atoms with E-state index in [1.165, 1.54) is 16.4 Å². The first kappa shape index (κ1) is 28.9. The molecule has 13 nitrogen and oxygen atoms in total. The molecule has 3 amide bonds. The molecule has 18 heteroatoms. The number of carboxylic acid groups (broad SMARTS) is 1. The Morgan fingerprint density at radius 2 is 2.07 bits per heavy atom. The van der Waals surface area contributed by atoms with Crippen LogP contribution >= 0.6 is 23.1 Å². The van der Waals surface area contributed by atoms with E-state index in [1.54, 1.807) is 0 Å². The van der Waals surface area contributed by atoms with Crippen molar-refractivity contribution in [2.45, 2.75) is 24.0 Å². The molecule has 0 radical (unpaired) electrons. The molecule has 5 rings (SSSR count).